The van der Waals surface area contributed by atoms with Crippen LogP contribution in [-0.2, 0) is 0 Å². The van der Waals surface area contributed by atoms with E-state index in [9.17, 15) is 0 Å². The summed E-state index contributed by atoms with van der Waals surface area (Å²) < 4.78 is 0. The van der Waals surface area contributed by atoms with E-state index in [4.69, 9.17) is 20.9 Å². The molecule has 2 aliphatic rings. The molecule has 5 aromatic rings. The summed E-state index contributed by atoms with van der Waals surface area (Å²) in [5.74, 6) is 1.91. The maximum atomic E-state index is 6.15. The number of H-pyrrole nitrogens is 2. The Morgan fingerprint density at radius 1 is 0.722 bits per heavy atom. The SMILES string of the molecule is [B]N1CCC[C@H]1c1ncc(-c2ccc3cc(-c4ccc5nc([C@@H]6CCCN6[B])[nH]c5c4)ccc3c2)[nH]1. The van der Waals surface area contributed by atoms with Gasteiger partial charge in [0.1, 0.15) is 11.6 Å². The number of fused-ring (bicyclic) bond motifs is 2. The Hall–Kier alpha value is -3.35. The monoisotopic (exact) mass is 468 g/mol. The highest BCUT2D eigenvalue weighted by atomic mass is 15.1. The smallest absolute Gasteiger partial charge is 0.183 e. The first-order chi connectivity index (χ1) is 17.6. The van der Waals surface area contributed by atoms with Crippen LogP contribution in [0.4, 0.5) is 0 Å². The van der Waals surface area contributed by atoms with E-state index in [0.29, 0.717) is 0 Å². The van der Waals surface area contributed by atoms with E-state index >= 15 is 0 Å². The largest absolute Gasteiger partial charge is 0.345 e. The van der Waals surface area contributed by atoms with Crippen LogP contribution in [0.3, 0.4) is 0 Å². The molecule has 2 atom stereocenters. The van der Waals surface area contributed by atoms with Gasteiger partial charge in [0.15, 0.2) is 16.0 Å². The van der Waals surface area contributed by atoms with Crippen LogP contribution < -0.4 is 0 Å². The third kappa shape index (κ3) is 3.76. The number of benzene rings is 3. The Bertz CT molecular complexity index is 1570. The van der Waals surface area contributed by atoms with Crippen molar-refractivity contribution in [3.05, 3.63) is 72.4 Å². The van der Waals surface area contributed by atoms with Crippen LogP contribution in [0.5, 0.6) is 0 Å². The molecule has 2 aromatic heterocycles. The summed E-state index contributed by atoms with van der Waals surface area (Å²) in [5.41, 5.74) is 6.53. The third-order valence-electron chi connectivity index (χ3n) is 7.80. The summed E-state index contributed by atoms with van der Waals surface area (Å²) >= 11 is 0. The van der Waals surface area contributed by atoms with Crippen LogP contribution in [0.2, 0.25) is 0 Å². The van der Waals surface area contributed by atoms with Crippen molar-refractivity contribution in [3.63, 3.8) is 0 Å². The standard InChI is InChI=1S/C28H26B2N6/c29-35-11-1-3-25(35)27-31-16-24(34-27)21-8-7-17-13-18(5-6-19(17)14-21)20-9-10-22-23(15-20)33-28(32-22)26-4-2-12-36(26)30/h5-10,13-16,25-26H,1-4,11-12H2,(H,31,34)(H,32,33)/t25-,26-/m0/s1. The van der Waals surface area contributed by atoms with Gasteiger partial charge in [-0.15, -0.1) is 0 Å². The van der Waals surface area contributed by atoms with E-state index in [1.807, 2.05) is 15.8 Å². The van der Waals surface area contributed by atoms with Gasteiger partial charge in [-0.05, 0) is 84.9 Å². The Morgan fingerprint density at radius 2 is 1.36 bits per heavy atom. The Labute approximate surface area is 213 Å². The summed E-state index contributed by atoms with van der Waals surface area (Å²) in [5, 5.41) is 2.40. The second kappa shape index (κ2) is 8.64. The molecular weight excluding hydrogens is 442 g/mol. The normalized spacial score (nSPS) is 21.2. The van der Waals surface area contributed by atoms with E-state index in [0.717, 1.165) is 72.7 Å². The minimum absolute atomic E-state index is 0.175. The summed E-state index contributed by atoms with van der Waals surface area (Å²) in [6, 6.07) is 20.0. The molecule has 4 radical (unpaired) electrons. The molecule has 2 fully saturated rings. The predicted octanol–water partition coefficient (Wildman–Crippen LogP) is 5.21. The molecule has 6 nitrogen and oxygen atoms in total. The van der Waals surface area contributed by atoms with Crippen molar-refractivity contribution in [3.8, 4) is 22.4 Å². The van der Waals surface area contributed by atoms with Gasteiger partial charge in [-0.1, -0.05) is 30.3 Å². The fourth-order valence-electron chi connectivity index (χ4n) is 5.78. The fourth-order valence-corrected chi connectivity index (χ4v) is 5.78. The van der Waals surface area contributed by atoms with Gasteiger partial charge in [0, 0.05) is 5.56 Å². The molecule has 3 aromatic carbocycles. The van der Waals surface area contributed by atoms with E-state index in [-0.39, 0.29) is 12.1 Å². The number of imidazole rings is 2. The van der Waals surface area contributed by atoms with Gasteiger partial charge in [-0.25, -0.2) is 9.97 Å². The molecule has 174 valence electrons. The van der Waals surface area contributed by atoms with Crippen molar-refractivity contribution in [2.24, 2.45) is 0 Å². The average Bonchev–Trinajstić information content (AvgIpc) is 3.69. The zero-order valence-electron chi connectivity index (χ0n) is 20.1. The zero-order chi connectivity index (χ0) is 24.2. The molecule has 4 heterocycles. The van der Waals surface area contributed by atoms with Crippen molar-refractivity contribution in [2.45, 2.75) is 37.8 Å². The highest BCUT2D eigenvalue weighted by molar-refractivity contribution is 6.05. The summed E-state index contributed by atoms with van der Waals surface area (Å²) in [4.78, 5) is 20.2. The zero-order valence-corrected chi connectivity index (χ0v) is 20.1. The molecule has 0 bridgehead atoms. The Kier molecular flexibility index (Phi) is 5.26. The van der Waals surface area contributed by atoms with Crippen molar-refractivity contribution >= 4 is 37.8 Å². The van der Waals surface area contributed by atoms with E-state index in [1.54, 1.807) is 0 Å². The molecule has 8 heteroatoms. The minimum atomic E-state index is 0.175. The van der Waals surface area contributed by atoms with E-state index in [2.05, 4.69) is 69.5 Å². The van der Waals surface area contributed by atoms with Gasteiger partial charge in [0.25, 0.3) is 0 Å². The summed E-state index contributed by atoms with van der Waals surface area (Å²) in [7, 11) is 12.3. The molecular formula is C28H26B2N6. The van der Waals surface area contributed by atoms with Crippen molar-refractivity contribution in [1.29, 1.82) is 0 Å². The molecule has 2 saturated heterocycles. The Morgan fingerprint density at radius 3 is 2.08 bits per heavy atom. The number of nitrogens with one attached hydrogen (secondary N) is 2. The molecule has 7 rings (SSSR count). The van der Waals surface area contributed by atoms with Crippen LogP contribution >= 0.6 is 0 Å². The van der Waals surface area contributed by atoms with Gasteiger partial charge in [-0.3, -0.25) is 0 Å². The first kappa shape index (κ1) is 21.9. The van der Waals surface area contributed by atoms with Crippen molar-refractivity contribution in [2.75, 3.05) is 13.1 Å². The van der Waals surface area contributed by atoms with E-state index in [1.165, 1.54) is 21.9 Å². The topological polar surface area (TPSA) is 63.8 Å². The van der Waals surface area contributed by atoms with Crippen LogP contribution in [0.25, 0.3) is 44.2 Å². The number of nitrogens with zero attached hydrogens (tertiary/aromatic N) is 4. The molecule has 0 amide bonds. The van der Waals surface area contributed by atoms with Gasteiger partial charge < -0.3 is 19.6 Å². The molecule has 0 unspecified atom stereocenters. The molecule has 36 heavy (non-hydrogen) atoms. The lowest BCUT2D eigenvalue weighted by molar-refractivity contribution is 0.418. The van der Waals surface area contributed by atoms with E-state index < -0.39 is 0 Å². The lowest BCUT2D eigenvalue weighted by atomic mass is 9.99. The second-order valence-electron chi connectivity index (χ2n) is 10.1. The maximum Gasteiger partial charge on any atom is 0.183 e. The lowest BCUT2D eigenvalue weighted by Crippen LogP contribution is -2.20. The predicted molar refractivity (Wildman–Crippen MR) is 145 cm³/mol. The molecule has 2 aliphatic heterocycles. The van der Waals surface area contributed by atoms with Gasteiger partial charge >= 0.3 is 0 Å². The van der Waals surface area contributed by atoms with Crippen LogP contribution in [0.15, 0.2) is 60.8 Å². The highest BCUT2D eigenvalue weighted by Gasteiger charge is 2.25. The number of aromatic nitrogens is 4. The molecule has 0 spiro atoms. The minimum Gasteiger partial charge on any atom is -0.345 e. The Balaban J connectivity index is 1.17. The van der Waals surface area contributed by atoms with Gasteiger partial charge in [0.05, 0.1) is 35.0 Å². The first-order valence-corrected chi connectivity index (χ1v) is 12.7. The highest BCUT2D eigenvalue weighted by Crippen LogP contribution is 2.33. The van der Waals surface area contributed by atoms with Crippen molar-refractivity contribution in [1.82, 2.24) is 29.6 Å². The van der Waals surface area contributed by atoms with Crippen LogP contribution in [0, 0.1) is 0 Å². The third-order valence-corrected chi connectivity index (χ3v) is 7.80. The molecule has 2 N–H and O–H groups in total. The number of hydrogen-bond donors (Lipinski definition) is 2. The number of aromatic amines is 2. The maximum absolute atomic E-state index is 6.15. The number of hydrogen-bond acceptors (Lipinski definition) is 4. The molecule has 0 aliphatic carbocycles. The van der Waals surface area contributed by atoms with Crippen LogP contribution in [0.1, 0.15) is 49.4 Å². The van der Waals surface area contributed by atoms with Gasteiger partial charge in [-0.2, -0.15) is 0 Å². The average molecular weight is 468 g/mol. The lowest BCUT2D eigenvalue weighted by Gasteiger charge is -2.17. The number of rotatable bonds is 4. The summed E-state index contributed by atoms with van der Waals surface area (Å²) in [6.45, 7) is 1.83. The summed E-state index contributed by atoms with van der Waals surface area (Å²) in [6.07, 6.45) is 6.22. The fraction of sp³-hybridized carbons (Fsp3) is 0.286. The second-order valence-corrected chi connectivity index (χ2v) is 10.1. The van der Waals surface area contributed by atoms with Crippen molar-refractivity contribution < 1.29 is 0 Å². The molecule has 0 saturated carbocycles. The quantitative estimate of drug-likeness (QED) is 0.356. The first-order valence-electron chi connectivity index (χ1n) is 12.7. The van der Waals surface area contributed by atoms with Gasteiger partial charge in [0.2, 0.25) is 0 Å². The van der Waals surface area contributed by atoms with Crippen LogP contribution in [-0.4, -0.2) is 58.6 Å².